The zero-order chi connectivity index (χ0) is 15.1. The molecule has 0 atom stereocenters. The predicted octanol–water partition coefficient (Wildman–Crippen LogP) is 3.72. The predicted molar refractivity (Wildman–Crippen MR) is 84.6 cm³/mol. The van der Waals surface area contributed by atoms with Crippen LogP contribution in [0, 0.1) is 6.92 Å². The molecule has 2 rings (SSSR count). The molecule has 2 N–H and O–H groups in total. The van der Waals surface area contributed by atoms with Gasteiger partial charge in [0.05, 0.1) is 6.61 Å². The minimum absolute atomic E-state index is 0.210. The van der Waals surface area contributed by atoms with Crippen LogP contribution in [0.4, 0.5) is 10.5 Å². The Kier molecular flexibility index (Phi) is 5.21. The van der Waals surface area contributed by atoms with Gasteiger partial charge < -0.3 is 15.4 Å². The molecular weight excluding hydrogens is 264 g/mol. The van der Waals surface area contributed by atoms with Gasteiger partial charge in [-0.05, 0) is 43.2 Å². The van der Waals surface area contributed by atoms with Crippen molar-refractivity contribution < 1.29 is 9.53 Å². The summed E-state index contributed by atoms with van der Waals surface area (Å²) in [7, 11) is 0. The van der Waals surface area contributed by atoms with Crippen molar-refractivity contribution in [3.05, 3.63) is 59.7 Å². The summed E-state index contributed by atoms with van der Waals surface area (Å²) in [6, 6.07) is 15.2. The average molecular weight is 284 g/mol. The Morgan fingerprint density at radius 2 is 1.81 bits per heavy atom. The minimum Gasteiger partial charge on any atom is -0.494 e. The summed E-state index contributed by atoms with van der Waals surface area (Å²) >= 11 is 0. The Balaban J connectivity index is 1.85. The second kappa shape index (κ2) is 7.33. The number of carbonyl (C=O) groups excluding carboxylic acids is 1. The highest BCUT2D eigenvalue weighted by molar-refractivity contribution is 5.89. The van der Waals surface area contributed by atoms with E-state index in [0.717, 1.165) is 22.6 Å². The van der Waals surface area contributed by atoms with Crippen LogP contribution in [0.25, 0.3) is 0 Å². The zero-order valence-electron chi connectivity index (χ0n) is 12.3. The molecule has 0 saturated heterocycles. The lowest BCUT2D eigenvalue weighted by atomic mass is 10.2. The summed E-state index contributed by atoms with van der Waals surface area (Å²) < 4.78 is 5.38. The van der Waals surface area contributed by atoms with E-state index in [-0.39, 0.29) is 6.03 Å². The smallest absolute Gasteiger partial charge is 0.319 e. The van der Waals surface area contributed by atoms with Crippen molar-refractivity contribution in [2.45, 2.75) is 20.4 Å². The van der Waals surface area contributed by atoms with Crippen LogP contribution in [0.3, 0.4) is 0 Å². The zero-order valence-corrected chi connectivity index (χ0v) is 12.3. The number of nitrogens with one attached hydrogen (secondary N) is 2. The van der Waals surface area contributed by atoms with Crippen LogP contribution in [-0.2, 0) is 6.54 Å². The van der Waals surface area contributed by atoms with Gasteiger partial charge in [0.15, 0.2) is 0 Å². The number of para-hydroxylation sites is 1. The van der Waals surface area contributed by atoms with Gasteiger partial charge in [-0.2, -0.15) is 0 Å². The van der Waals surface area contributed by atoms with E-state index in [4.69, 9.17) is 4.74 Å². The third kappa shape index (κ3) is 4.53. The average Bonchev–Trinajstić information content (AvgIpc) is 2.49. The fourth-order valence-corrected chi connectivity index (χ4v) is 1.93. The highest BCUT2D eigenvalue weighted by atomic mass is 16.5. The Morgan fingerprint density at radius 1 is 1.10 bits per heavy atom. The molecule has 2 amide bonds. The van der Waals surface area contributed by atoms with Gasteiger partial charge in [-0.1, -0.05) is 30.3 Å². The Morgan fingerprint density at radius 3 is 2.48 bits per heavy atom. The fourth-order valence-electron chi connectivity index (χ4n) is 1.93. The second-order valence-corrected chi connectivity index (χ2v) is 4.70. The topological polar surface area (TPSA) is 50.4 Å². The first-order chi connectivity index (χ1) is 10.2. The van der Waals surface area contributed by atoms with E-state index in [9.17, 15) is 4.79 Å². The summed E-state index contributed by atoms with van der Waals surface area (Å²) in [6.07, 6.45) is 0. The van der Waals surface area contributed by atoms with E-state index in [1.807, 2.05) is 62.4 Å². The lowest BCUT2D eigenvalue weighted by Gasteiger charge is -2.10. The van der Waals surface area contributed by atoms with Crippen LogP contribution in [-0.4, -0.2) is 12.6 Å². The van der Waals surface area contributed by atoms with Crippen molar-refractivity contribution in [2.75, 3.05) is 11.9 Å². The molecule has 21 heavy (non-hydrogen) atoms. The van der Waals surface area contributed by atoms with Crippen molar-refractivity contribution in [1.29, 1.82) is 0 Å². The number of benzene rings is 2. The number of urea groups is 1. The van der Waals surface area contributed by atoms with Crippen LogP contribution in [0.1, 0.15) is 18.1 Å². The van der Waals surface area contributed by atoms with Crippen LogP contribution >= 0.6 is 0 Å². The molecular formula is C17H20N2O2. The third-order valence-electron chi connectivity index (χ3n) is 3.08. The molecule has 0 bridgehead atoms. The van der Waals surface area contributed by atoms with E-state index in [2.05, 4.69) is 10.6 Å². The van der Waals surface area contributed by atoms with Crippen molar-refractivity contribution in [1.82, 2.24) is 5.32 Å². The monoisotopic (exact) mass is 284 g/mol. The van der Waals surface area contributed by atoms with Gasteiger partial charge in [0, 0.05) is 12.2 Å². The first-order valence-corrected chi connectivity index (χ1v) is 7.01. The molecule has 0 fully saturated rings. The molecule has 110 valence electrons. The second-order valence-electron chi connectivity index (χ2n) is 4.70. The van der Waals surface area contributed by atoms with Gasteiger partial charge in [-0.25, -0.2) is 4.79 Å². The highest BCUT2D eigenvalue weighted by Gasteiger charge is 2.03. The summed E-state index contributed by atoms with van der Waals surface area (Å²) in [5.74, 6) is 0.839. The molecule has 0 spiro atoms. The largest absolute Gasteiger partial charge is 0.494 e. The number of aryl methyl sites for hydroxylation is 1. The van der Waals surface area contributed by atoms with Crippen molar-refractivity contribution in [2.24, 2.45) is 0 Å². The van der Waals surface area contributed by atoms with Gasteiger partial charge in [0.2, 0.25) is 0 Å². The van der Waals surface area contributed by atoms with Crippen molar-refractivity contribution >= 4 is 11.7 Å². The number of ether oxygens (including phenoxy) is 1. The van der Waals surface area contributed by atoms with E-state index in [1.165, 1.54) is 0 Å². The highest BCUT2D eigenvalue weighted by Crippen LogP contribution is 2.13. The fraction of sp³-hybridized carbons (Fsp3) is 0.235. The molecule has 0 aliphatic rings. The van der Waals surface area contributed by atoms with Crippen LogP contribution in [0.2, 0.25) is 0 Å². The Bertz CT molecular complexity index is 594. The number of anilines is 1. The number of amides is 2. The maximum Gasteiger partial charge on any atom is 0.319 e. The quantitative estimate of drug-likeness (QED) is 0.879. The normalized spacial score (nSPS) is 10.0. The van der Waals surface area contributed by atoms with E-state index < -0.39 is 0 Å². The number of hydrogen-bond acceptors (Lipinski definition) is 2. The van der Waals surface area contributed by atoms with Gasteiger partial charge in [0.1, 0.15) is 5.75 Å². The first-order valence-electron chi connectivity index (χ1n) is 7.01. The Hall–Kier alpha value is -2.49. The molecule has 0 aromatic heterocycles. The lowest BCUT2D eigenvalue weighted by molar-refractivity contribution is 0.251. The maximum atomic E-state index is 11.9. The molecule has 0 aliphatic carbocycles. The summed E-state index contributed by atoms with van der Waals surface area (Å²) in [4.78, 5) is 11.9. The standard InChI is InChI=1S/C17H20N2O2/c1-3-21-15-10-8-14(9-11-15)12-18-17(20)19-16-7-5-4-6-13(16)2/h4-11H,3,12H2,1-2H3,(H2,18,19,20). The number of carbonyl (C=O) groups is 1. The van der Waals surface area contributed by atoms with Gasteiger partial charge in [0.25, 0.3) is 0 Å². The lowest BCUT2D eigenvalue weighted by Crippen LogP contribution is -2.28. The summed E-state index contributed by atoms with van der Waals surface area (Å²) in [5.41, 5.74) is 2.88. The summed E-state index contributed by atoms with van der Waals surface area (Å²) in [6.45, 7) is 5.04. The van der Waals surface area contributed by atoms with Crippen LogP contribution in [0.5, 0.6) is 5.75 Å². The Labute approximate surface area is 125 Å². The molecule has 0 heterocycles. The maximum absolute atomic E-state index is 11.9. The molecule has 0 saturated carbocycles. The molecule has 0 radical (unpaired) electrons. The van der Waals surface area contributed by atoms with Gasteiger partial charge >= 0.3 is 6.03 Å². The van der Waals surface area contributed by atoms with Crippen LogP contribution in [0.15, 0.2) is 48.5 Å². The van der Waals surface area contributed by atoms with Crippen LogP contribution < -0.4 is 15.4 Å². The molecule has 4 nitrogen and oxygen atoms in total. The molecule has 2 aromatic carbocycles. The van der Waals surface area contributed by atoms with E-state index in [0.29, 0.717) is 13.2 Å². The number of rotatable bonds is 5. The molecule has 2 aromatic rings. The van der Waals surface area contributed by atoms with Crippen molar-refractivity contribution in [3.63, 3.8) is 0 Å². The minimum atomic E-state index is -0.210. The van der Waals surface area contributed by atoms with E-state index >= 15 is 0 Å². The van der Waals surface area contributed by atoms with Gasteiger partial charge in [-0.15, -0.1) is 0 Å². The SMILES string of the molecule is CCOc1ccc(CNC(=O)Nc2ccccc2C)cc1. The van der Waals surface area contributed by atoms with Gasteiger partial charge in [-0.3, -0.25) is 0 Å². The molecule has 4 heteroatoms. The molecule has 0 aliphatic heterocycles. The third-order valence-corrected chi connectivity index (χ3v) is 3.08. The number of hydrogen-bond donors (Lipinski definition) is 2. The summed E-state index contributed by atoms with van der Waals surface area (Å²) in [5, 5.41) is 5.67. The first kappa shape index (κ1) is 14.9. The van der Waals surface area contributed by atoms with Crippen molar-refractivity contribution in [3.8, 4) is 5.75 Å². The molecule has 0 unspecified atom stereocenters. The van der Waals surface area contributed by atoms with E-state index in [1.54, 1.807) is 0 Å².